The number of benzene rings is 2. The van der Waals surface area contributed by atoms with Crippen LogP contribution in [0.1, 0.15) is 23.7 Å². The first-order valence-corrected chi connectivity index (χ1v) is 8.07. The van der Waals surface area contributed by atoms with Gasteiger partial charge in [-0.3, -0.25) is 9.59 Å². The van der Waals surface area contributed by atoms with Crippen molar-refractivity contribution in [2.45, 2.75) is 13.3 Å². The Balaban J connectivity index is 1.74. The van der Waals surface area contributed by atoms with Crippen LogP contribution in [-0.2, 0) is 4.79 Å². The first-order valence-electron chi connectivity index (χ1n) is 8.07. The zero-order valence-electron chi connectivity index (χ0n) is 14.4. The normalized spacial score (nSPS) is 10.0. The number of hydrogen-bond acceptors (Lipinski definition) is 4. The molecule has 2 aromatic rings. The van der Waals surface area contributed by atoms with Gasteiger partial charge in [-0.1, -0.05) is 0 Å². The van der Waals surface area contributed by atoms with Gasteiger partial charge in [-0.05, 0) is 55.5 Å². The molecule has 0 aliphatic carbocycles. The van der Waals surface area contributed by atoms with Crippen molar-refractivity contribution in [2.75, 3.05) is 25.6 Å². The fourth-order valence-electron chi connectivity index (χ4n) is 2.16. The van der Waals surface area contributed by atoms with Crippen molar-refractivity contribution in [1.29, 1.82) is 0 Å². The van der Waals surface area contributed by atoms with Gasteiger partial charge in [-0.15, -0.1) is 0 Å². The van der Waals surface area contributed by atoms with Crippen LogP contribution in [0.15, 0.2) is 48.5 Å². The molecule has 0 spiro atoms. The molecule has 132 valence electrons. The average Bonchev–Trinajstić information content (AvgIpc) is 2.63. The molecule has 2 aromatic carbocycles. The van der Waals surface area contributed by atoms with Gasteiger partial charge in [0.1, 0.15) is 11.5 Å². The number of methoxy groups -OCH3 is 1. The molecule has 2 amide bonds. The van der Waals surface area contributed by atoms with E-state index < -0.39 is 0 Å². The summed E-state index contributed by atoms with van der Waals surface area (Å²) in [5.41, 5.74) is 1.21. The summed E-state index contributed by atoms with van der Waals surface area (Å²) < 4.78 is 10.4. The van der Waals surface area contributed by atoms with E-state index in [4.69, 9.17) is 9.47 Å². The largest absolute Gasteiger partial charge is 0.497 e. The van der Waals surface area contributed by atoms with Crippen LogP contribution in [0.5, 0.6) is 11.5 Å². The minimum Gasteiger partial charge on any atom is -0.497 e. The Morgan fingerprint density at radius 1 is 0.960 bits per heavy atom. The first-order chi connectivity index (χ1) is 12.1. The van der Waals surface area contributed by atoms with Gasteiger partial charge in [0.05, 0.1) is 13.7 Å². The molecular formula is C19H22N2O4. The summed E-state index contributed by atoms with van der Waals surface area (Å²) in [4.78, 5) is 23.9. The summed E-state index contributed by atoms with van der Waals surface area (Å²) in [6.07, 6.45) is 0.190. The molecule has 0 aliphatic rings. The zero-order chi connectivity index (χ0) is 18.1. The molecule has 0 atom stereocenters. The molecule has 2 rings (SSSR count). The molecule has 0 saturated heterocycles. The van der Waals surface area contributed by atoms with Gasteiger partial charge >= 0.3 is 0 Å². The number of carbonyl (C=O) groups is 2. The molecular weight excluding hydrogens is 320 g/mol. The summed E-state index contributed by atoms with van der Waals surface area (Å²) in [6.45, 7) is 2.77. The van der Waals surface area contributed by atoms with Gasteiger partial charge in [0.25, 0.3) is 5.91 Å². The standard InChI is InChI=1S/C19H22N2O4/c1-3-25-17-10-6-15(7-11-17)21-18(22)12-13-20-19(23)14-4-8-16(24-2)9-5-14/h4-11H,3,12-13H2,1-2H3,(H,20,23)(H,21,22). The minimum absolute atomic E-state index is 0.167. The molecule has 0 unspecified atom stereocenters. The predicted octanol–water partition coefficient (Wildman–Crippen LogP) is 2.85. The quantitative estimate of drug-likeness (QED) is 0.773. The SMILES string of the molecule is CCOc1ccc(NC(=O)CCNC(=O)c2ccc(OC)cc2)cc1. The number of ether oxygens (including phenoxy) is 2. The van der Waals surface area contributed by atoms with E-state index in [-0.39, 0.29) is 24.8 Å². The number of amides is 2. The summed E-state index contributed by atoms with van der Waals surface area (Å²) in [5.74, 6) is 1.05. The van der Waals surface area contributed by atoms with Crippen molar-refractivity contribution in [2.24, 2.45) is 0 Å². The molecule has 25 heavy (non-hydrogen) atoms. The van der Waals surface area contributed by atoms with E-state index in [1.54, 1.807) is 55.6 Å². The van der Waals surface area contributed by atoms with Crippen LogP contribution in [0, 0.1) is 0 Å². The fourth-order valence-corrected chi connectivity index (χ4v) is 2.16. The lowest BCUT2D eigenvalue weighted by Gasteiger charge is -2.08. The number of hydrogen-bond donors (Lipinski definition) is 2. The van der Waals surface area contributed by atoms with Gasteiger partial charge in [0, 0.05) is 24.2 Å². The number of carbonyl (C=O) groups excluding carboxylic acids is 2. The average molecular weight is 342 g/mol. The van der Waals surface area contributed by atoms with E-state index in [0.29, 0.717) is 23.6 Å². The smallest absolute Gasteiger partial charge is 0.251 e. The van der Waals surface area contributed by atoms with Gasteiger partial charge in [-0.2, -0.15) is 0 Å². The van der Waals surface area contributed by atoms with Crippen LogP contribution in [0.3, 0.4) is 0 Å². The first kappa shape index (κ1) is 18.3. The highest BCUT2D eigenvalue weighted by molar-refractivity contribution is 5.95. The van der Waals surface area contributed by atoms with Gasteiger partial charge in [0.15, 0.2) is 0 Å². The Bertz CT molecular complexity index is 696. The third-order valence-electron chi connectivity index (χ3n) is 3.44. The maximum atomic E-state index is 12.0. The maximum Gasteiger partial charge on any atom is 0.251 e. The summed E-state index contributed by atoms with van der Waals surface area (Å²) in [5, 5.41) is 5.50. The highest BCUT2D eigenvalue weighted by Crippen LogP contribution is 2.15. The molecule has 0 aliphatic heterocycles. The highest BCUT2D eigenvalue weighted by Gasteiger charge is 2.07. The molecule has 0 bridgehead atoms. The van der Waals surface area contributed by atoms with E-state index in [9.17, 15) is 9.59 Å². The molecule has 6 heteroatoms. The van der Waals surface area contributed by atoms with Crippen molar-refractivity contribution >= 4 is 17.5 Å². The third kappa shape index (κ3) is 5.84. The Kier molecular flexibility index (Phi) is 6.83. The van der Waals surface area contributed by atoms with Crippen molar-refractivity contribution in [3.05, 3.63) is 54.1 Å². The Morgan fingerprint density at radius 3 is 2.20 bits per heavy atom. The van der Waals surface area contributed by atoms with E-state index in [0.717, 1.165) is 5.75 Å². The molecule has 0 radical (unpaired) electrons. The summed E-state index contributed by atoms with van der Waals surface area (Å²) >= 11 is 0. The van der Waals surface area contributed by atoms with Crippen molar-refractivity contribution in [3.63, 3.8) is 0 Å². The van der Waals surface area contributed by atoms with Crippen LogP contribution >= 0.6 is 0 Å². The van der Waals surface area contributed by atoms with E-state index in [1.807, 2.05) is 6.92 Å². The van der Waals surface area contributed by atoms with Crippen LogP contribution in [0.4, 0.5) is 5.69 Å². The fraction of sp³-hybridized carbons (Fsp3) is 0.263. The second-order valence-corrected chi connectivity index (χ2v) is 5.24. The Hall–Kier alpha value is -3.02. The monoisotopic (exact) mass is 342 g/mol. The second kappa shape index (κ2) is 9.32. The molecule has 0 saturated carbocycles. The number of anilines is 1. The molecule has 2 N–H and O–H groups in total. The lowest BCUT2D eigenvalue weighted by Crippen LogP contribution is -2.27. The molecule has 0 aromatic heterocycles. The van der Waals surface area contributed by atoms with Crippen molar-refractivity contribution in [3.8, 4) is 11.5 Å². The Morgan fingerprint density at radius 2 is 1.60 bits per heavy atom. The van der Waals surface area contributed by atoms with Gasteiger partial charge < -0.3 is 20.1 Å². The number of rotatable bonds is 8. The highest BCUT2D eigenvalue weighted by atomic mass is 16.5. The van der Waals surface area contributed by atoms with E-state index in [1.165, 1.54) is 0 Å². The zero-order valence-corrected chi connectivity index (χ0v) is 14.4. The Labute approximate surface area is 147 Å². The predicted molar refractivity (Wildman–Crippen MR) is 96.2 cm³/mol. The van der Waals surface area contributed by atoms with Crippen LogP contribution in [0.2, 0.25) is 0 Å². The molecule has 6 nitrogen and oxygen atoms in total. The molecule has 0 fully saturated rings. The number of nitrogens with one attached hydrogen (secondary N) is 2. The topological polar surface area (TPSA) is 76.7 Å². The van der Waals surface area contributed by atoms with Gasteiger partial charge in [0.2, 0.25) is 5.91 Å². The van der Waals surface area contributed by atoms with Crippen molar-refractivity contribution < 1.29 is 19.1 Å². The van der Waals surface area contributed by atoms with E-state index >= 15 is 0 Å². The minimum atomic E-state index is -0.225. The van der Waals surface area contributed by atoms with Crippen molar-refractivity contribution in [1.82, 2.24) is 5.32 Å². The summed E-state index contributed by atoms with van der Waals surface area (Å²) in [7, 11) is 1.57. The van der Waals surface area contributed by atoms with E-state index in [2.05, 4.69) is 10.6 Å². The lowest BCUT2D eigenvalue weighted by atomic mass is 10.2. The van der Waals surface area contributed by atoms with Crippen LogP contribution < -0.4 is 20.1 Å². The summed E-state index contributed by atoms with van der Waals surface area (Å²) in [6, 6.07) is 13.9. The second-order valence-electron chi connectivity index (χ2n) is 5.24. The van der Waals surface area contributed by atoms with Gasteiger partial charge in [-0.25, -0.2) is 0 Å². The maximum absolute atomic E-state index is 12.0. The molecule has 0 heterocycles. The third-order valence-corrected chi connectivity index (χ3v) is 3.44. The van der Waals surface area contributed by atoms with Crippen LogP contribution in [-0.4, -0.2) is 32.1 Å². The lowest BCUT2D eigenvalue weighted by molar-refractivity contribution is -0.116. The van der Waals surface area contributed by atoms with Crippen LogP contribution in [0.25, 0.3) is 0 Å².